The summed E-state index contributed by atoms with van der Waals surface area (Å²) in [5, 5.41) is 2.79. The molecule has 30 heavy (non-hydrogen) atoms. The van der Waals surface area contributed by atoms with Crippen LogP contribution in [0.15, 0.2) is 59.5 Å². The molecule has 1 heterocycles. The Morgan fingerprint density at radius 2 is 1.77 bits per heavy atom. The SMILES string of the molecule is CC(C)NS(=O)(=O)c1ccc(NC(=O)C2CC(=O)N(CCc3ccccc3)C2)cc1. The first-order valence-corrected chi connectivity index (χ1v) is 11.5. The number of hydrogen-bond donors (Lipinski definition) is 2. The molecule has 0 aliphatic carbocycles. The summed E-state index contributed by atoms with van der Waals surface area (Å²) in [5.74, 6) is -0.673. The maximum Gasteiger partial charge on any atom is 0.240 e. The highest BCUT2D eigenvalue weighted by molar-refractivity contribution is 7.89. The zero-order valence-corrected chi connectivity index (χ0v) is 18.0. The van der Waals surface area contributed by atoms with Crippen LogP contribution in [-0.2, 0) is 26.0 Å². The highest BCUT2D eigenvalue weighted by atomic mass is 32.2. The van der Waals surface area contributed by atoms with Gasteiger partial charge in [-0.2, -0.15) is 0 Å². The third kappa shape index (κ3) is 5.67. The molecule has 1 fully saturated rings. The first kappa shape index (κ1) is 22.0. The fourth-order valence-electron chi connectivity index (χ4n) is 3.41. The number of likely N-dealkylation sites (tertiary alicyclic amines) is 1. The largest absolute Gasteiger partial charge is 0.342 e. The second-order valence-corrected chi connectivity index (χ2v) is 9.48. The molecule has 160 valence electrons. The predicted octanol–water partition coefficient (Wildman–Crippen LogP) is 2.40. The molecule has 1 atom stereocenters. The van der Waals surface area contributed by atoms with Crippen molar-refractivity contribution in [1.82, 2.24) is 9.62 Å². The summed E-state index contributed by atoms with van der Waals surface area (Å²) in [4.78, 5) is 26.7. The van der Waals surface area contributed by atoms with Crippen LogP contribution in [0.3, 0.4) is 0 Å². The van der Waals surface area contributed by atoms with Gasteiger partial charge in [0.2, 0.25) is 21.8 Å². The van der Waals surface area contributed by atoms with E-state index >= 15 is 0 Å². The average molecular weight is 430 g/mol. The molecule has 1 aliphatic rings. The molecule has 8 heteroatoms. The van der Waals surface area contributed by atoms with Gasteiger partial charge < -0.3 is 10.2 Å². The second kappa shape index (κ2) is 9.40. The van der Waals surface area contributed by atoms with Gasteiger partial charge in [0.25, 0.3) is 0 Å². The summed E-state index contributed by atoms with van der Waals surface area (Å²) in [5.41, 5.74) is 1.65. The Hall–Kier alpha value is -2.71. The fraction of sp³-hybridized carbons (Fsp3) is 0.364. The van der Waals surface area contributed by atoms with E-state index in [0.717, 1.165) is 12.0 Å². The first-order valence-electron chi connectivity index (χ1n) is 9.99. The standard InChI is InChI=1S/C22H27N3O4S/c1-16(2)24-30(28,29)20-10-8-19(9-11-20)23-22(27)18-14-21(26)25(15-18)13-12-17-6-4-3-5-7-17/h3-11,16,18,24H,12-15H2,1-2H3,(H,23,27). The Kier molecular flexibility index (Phi) is 6.89. The summed E-state index contributed by atoms with van der Waals surface area (Å²) < 4.78 is 26.9. The first-order chi connectivity index (χ1) is 14.2. The normalized spacial score (nSPS) is 16.8. The van der Waals surface area contributed by atoms with E-state index in [9.17, 15) is 18.0 Å². The van der Waals surface area contributed by atoms with Crippen molar-refractivity contribution in [3.63, 3.8) is 0 Å². The van der Waals surface area contributed by atoms with Crippen LogP contribution in [0.5, 0.6) is 0 Å². The van der Waals surface area contributed by atoms with Crippen molar-refractivity contribution in [3.8, 4) is 0 Å². The highest BCUT2D eigenvalue weighted by Crippen LogP contribution is 2.21. The summed E-state index contributed by atoms with van der Waals surface area (Å²) >= 11 is 0. The molecule has 2 N–H and O–H groups in total. The van der Waals surface area contributed by atoms with Crippen molar-refractivity contribution < 1.29 is 18.0 Å². The lowest BCUT2D eigenvalue weighted by Crippen LogP contribution is -2.30. The van der Waals surface area contributed by atoms with E-state index in [1.165, 1.54) is 12.1 Å². The lowest BCUT2D eigenvalue weighted by Gasteiger charge is -2.16. The third-order valence-corrected chi connectivity index (χ3v) is 6.60. The van der Waals surface area contributed by atoms with Crippen molar-refractivity contribution in [2.75, 3.05) is 18.4 Å². The van der Waals surface area contributed by atoms with E-state index in [1.807, 2.05) is 30.3 Å². The monoisotopic (exact) mass is 429 g/mol. The number of carbonyl (C=O) groups excluding carboxylic acids is 2. The number of nitrogens with zero attached hydrogens (tertiary/aromatic N) is 1. The van der Waals surface area contributed by atoms with E-state index in [1.54, 1.807) is 30.9 Å². The number of rotatable bonds is 8. The van der Waals surface area contributed by atoms with Crippen LogP contribution in [0.2, 0.25) is 0 Å². The van der Waals surface area contributed by atoms with Crippen molar-refractivity contribution >= 4 is 27.5 Å². The van der Waals surface area contributed by atoms with Crippen LogP contribution in [-0.4, -0.2) is 44.3 Å². The van der Waals surface area contributed by atoms with E-state index < -0.39 is 15.9 Å². The van der Waals surface area contributed by atoms with Gasteiger partial charge in [-0.25, -0.2) is 13.1 Å². The molecule has 2 aromatic rings. The van der Waals surface area contributed by atoms with Gasteiger partial charge in [-0.05, 0) is 50.1 Å². The molecule has 3 rings (SSSR count). The Morgan fingerprint density at radius 3 is 2.40 bits per heavy atom. The molecule has 0 saturated carbocycles. The Bertz CT molecular complexity index is 989. The molecule has 0 radical (unpaired) electrons. The summed E-state index contributed by atoms with van der Waals surface area (Å²) in [6.07, 6.45) is 0.937. The quantitative estimate of drug-likeness (QED) is 0.674. The number of benzene rings is 2. The lowest BCUT2D eigenvalue weighted by molar-refractivity contribution is -0.128. The van der Waals surface area contributed by atoms with Gasteiger partial charge >= 0.3 is 0 Å². The Morgan fingerprint density at radius 1 is 1.10 bits per heavy atom. The van der Waals surface area contributed by atoms with E-state index in [-0.39, 0.29) is 29.2 Å². The number of sulfonamides is 1. The van der Waals surface area contributed by atoms with E-state index in [2.05, 4.69) is 10.0 Å². The molecule has 1 aliphatic heterocycles. The molecule has 0 bridgehead atoms. The topological polar surface area (TPSA) is 95.6 Å². The van der Waals surface area contributed by atoms with Crippen molar-refractivity contribution in [1.29, 1.82) is 0 Å². The molecular weight excluding hydrogens is 402 g/mol. The Labute approximate surface area is 177 Å². The number of hydrogen-bond acceptors (Lipinski definition) is 4. The summed E-state index contributed by atoms with van der Waals surface area (Å²) in [7, 11) is -3.58. The molecule has 1 saturated heterocycles. The van der Waals surface area contributed by atoms with Gasteiger partial charge in [-0.3, -0.25) is 9.59 Å². The Balaban J connectivity index is 1.55. The van der Waals surface area contributed by atoms with Gasteiger partial charge in [0.1, 0.15) is 0 Å². The minimum atomic E-state index is -3.58. The molecule has 0 aromatic heterocycles. The van der Waals surface area contributed by atoms with Gasteiger partial charge in [0.15, 0.2) is 0 Å². The number of nitrogens with one attached hydrogen (secondary N) is 2. The lowest BCUT2D eigenvalue weighted by atomic mass is 10.1. The molecular formula is C22H27N3O4S. The number of anilines is 1. The minimum absolute atomic E-state index is 0.0210. The van der Waals surface area contributed by atoms with E-state index in [4.69, 9.17) is 0 Å². The summed E-state index contributed by atoms with van der Waals surface area (Å²) in [6.45, 7) is 4.47. The van der Waals surface area contributed by atoms with Gasteiger partial charge in [-0.15, -0.1) is 0 Å². The van der Waals surface area contributed by atoms with Crippen LogP contribution < -0.4 is 10.0 Å². The second-order valence-electron chi connectivity index (χ2n) is 7.77. The molecule has 1 unspecified atom stereocenters. The zero-order valence-electron chi connectivity index (χ0n) is 17.2. The van der Waals surface area contributed by atoms with Crippen LogP contribution >= 0.6 is 0 Å². The summed E-state index contributed by atoms with van der Waals surface area (Å²) in [6, 6.07) is 15.7. The fourth-order valence-corrected chi connectivity index (χ4v) is 4.66. The molecule has 2 aromatic carbocycles. The molecule has 2 amide bonds. The van der Waals surface area contributed by atoms with Crippen LogP contribution in [0.4, 0.5) is 5.69 Å². The van der Waals surface area contributed by atoms with Crippen LogP contribution in [0, 0.1) is 5.92 Å². The average Bonchev–Trinajstić information content (AvgIpc) is 3.07. The maximum atomic E-state index is 12.6. The van der Waals surface area contributed by atoms with Crippen molar-refractivity contribution in [3.05, 3.63) is 60.2 Å². The van der Waals surface area contributed by atoms with Crippen LogP contribution in [0.25, 0.3) is 0 Å². The molecule has 0 spiro atoms. The van der Waals surface area contributed by atoms with Gasteiger partial charge in [0.05, 0.1) is 10.8 Å². The van der Waals surface area contributed by atoms with Crippen molar-refractivity contribution in [2.24, 2.45) is 5.92 Å². The third-order valence-electron chi connectivity index (χ3n) is 4.92. The minimum Gasteiger partial charge on any atom is -0.342 e. The zero-order chi connectivity index (χ0) is 21.7. The number of carbonyl (C=O) groups is 2. The predicted molar refractivity (Wildman–Crippen MR) is 115 cm³/mol. The van der Waals surface area contributed by atoms with Crippen LogP contribution in [0.1, 0.15) is 25.8 Å². The van der Waals surface area contributed by atoms with Crippen molar-refractivity contribution in [2.45, 2.75) is 37.6 Å². The smallest absolute Gasteiger partial charge is 0.240 e. The maximum absolute atomic E-state index is 12.6. The van der Waals surface area contributed by atoms with Gasteiger partial charge in [0, 0.05) is 31.2 Å². The highest BCUT2D eigenvalue weighted by Gasteiger charge is 2.34. The van der Waals surface area contributed by atoms with E-state index in [0.29, 0.717) is 18.8 Å². The molecule has 7 nitrogen and oxygen atoms in total. The number of amides is 2. The van der Waals surface area contributed by atoms with Gasteiger partial charge in [-0.1, -0.05) is 30.3 Å².